The van der Waals surface area contributed by atoms with Gasteiger partial charge in [0.1, 0.15) is 11.6 Å². The smallest absolute Gasteiger partial charge is 0.344 e. The lowest BCUT2D eigenvalue weighted by molar-refractivity contribution is -0.146. The van der Waals surface area contributed by atoms with Gasteiger partial charge in [0.15, 0.2) is 6.10 Å². The van der Waals surface area contributed by atoms with Gasteiger partial charge in [-0.1, -0.05) is 56.6 Å². The van der Waals surface area contributed by atoms with E-state index in [4.69, 9.17) is 16.3 Å². The average molecular weight is 491 g/mol. The number of ether oxygens (including phenoxy) is 1. The predicted octanol–water partition coefficient (Wildman–Crippen LogP) is 6.25. The first kappa shape index (κ1) is 24.7. The van der Waals surface area contributed by atoms with E-state index in [1.807, 2.05) is 20.8 Å². The summed E-state index contributed by atoms with van der Waals surface area (Å²) in [5.74, 6) is -1.58. The van der Waals surface area contributed by atoms with E-state index in [2.05, 4.69) is 0 Å². The van der Waals surface area contributed by atoms with Gasteiger partial charge >= 0.3 is 5.97 Å². The van der Waals surface area contributed by atoms with E-state index >= 15 is 0 Å². The molecule has 0 fully saturated rings. The van der Waals surface area contributed by atoms with Crippen LogP contribution in [0.5, 0.6) is 5.75 Å². The molecule has 0 spiro atoms. The van der Waals surface area contributed by atoms with Crippen LogP contribution in [-0.4, -0.2) is 25.6 Å². The van der Waals surface area contributed by atoms with Crippen molar-refractivity contribution in [1.82, 2.24) is 0 Å². The van der Waals surface area contributed by atoms with Crippen molar-refractivity contribution in [1.29, 1.82) is 0 Å². The Morgan fingerprint density at radius 2 is 1.67 bits per heavy atom. The fourth-order valence-corrected chi connectivity index (χ4v) is 4.98. The fourth-order valence-electron chi connectivity index (χ4n) is 3.32. The Hall–Kier alpha value is -2.90. The van der Waals surface area contributed by atoms with E-state index in [1.54, 1.807) is 18.2 Å². The van der Waals surface area contributed by atoms with Crippen LogP contribution in [0.2, 0.25) is 5.02 Å². The van der Waals surface area contributed by atoms with Crippen LogP contribution in [0.3, 0.4) is 0 Å². The summed E-state index contributed by atoms with van der Waals surface area (Å²) in [4.78, 5) is 11.9. The number of carbonyl (C=O) groups is 1. The van der Waals surface area contributed by atoms with E-state index in [0.717, 1.165) is 6.07 Å². The van der Waals surface area contributed by atoms with Crippen LogP contribution in [0.4, 0.5) is 4.39 Å². The van der Waals surface area contributed by atoms with Crippen LogP contribution in [0.15, 0.2) is 76.5 Å². The molecular formula is C25H24ClFO5S. The van der Waals surface area contributed by atoms with Crippen LogP contribution in [0.1, 0.15) is 27.2 Å². The van der Waals surface area contributed by atoms with Crippen LogP contribution in [0.25, 0.3) is 11.1 Å². The quantitative estimate of drug-likeness (QED) is 0.423. The predicted molar refractivity (Wildman–Crippen MR) is 125 cm³/mol. The average Bonchev–Trinajstić information content (AvgIpc) is 2.74. The molecule has 0 heterocycles. The minimum Gasteiger partial charge on any atom is -0.479 e. The lowest BCUT2D eigenvalue weighted by atomic mass is 9.89. The second-order valence-electron chi connectivity index (χ2n) is 8.81. The molecule has 0 saturated heterocycles. The van der Waals surface area contributed by atoms with Crippen LogP contribution in [0, 0.1) is 11.2 Å². The Morgan fingerprint density at radius 3 is 2.24 bits per heavy atom. The molecule has 0 aliphatic heterocycles. The maximum atomic E-state index is 14.1. The Bertz CT molecular complexity index is 1270. The van der Waals surface area contributed by atoms with Crippen molar-refractivity contribution < 1.29 is 27.4 Å². The summed E-state index contributed by atoms with van der Waals surface area (Å²) in [6.07, 6.45) is -0.938. The second-order valence-corrected chi connectivity index (χ2v) is 11.2. The van der Waals surface area contributed by atoms with Crippen molar-refractivity contribution in [3.8, 4) is 16.9 Å². The summed E-state index contributed by atoms with van der Waals surface area (Å²) in [6, 6.07) is 15.7. The Kier molecular flexibility index (Phi) is 7.14. The van der Waals surface area contributed by atoms with Gasteiger partial charge in [0.2, 0.25) is 9.84 Å². The van der Waals surface area contributed by atoms with Gasteiger partial charge in [-0.15, -0.1) is 0 Å². The molecule has 0 bridgehead atoms. The Labute approximate surface area is 197 Å². The molecule has 0 aliphatic rings. The molecule has 1 atom stereocenters. The van der Waals surface area contributed by atoms with Crippen molar-refractivity contribution >= 4 is 27.4 Å². The minimum atomic E-state index is -3.80. The highest BCUT2D eigenvalue weighted by atomic mass is 35.5. The van der Waals surface area contributed by atoms with E-state index < -0.39 is 27.7 Å². The largest absolute Gasteiger partial charge is 0.479 e. The van der Waals surface area contributed by atoms with Gasteiger partial charge in [-0.2, -0.15) is 0 Å². The van der Waals surface area contributed by atoms with Gasteiger partial charge in [0.05, 0.1) is 9.79 Å². The molecule has 0 aliphatic carbocycles. The number of halogens is 2. The topological polar surface area (TPSA) is 80.7 Å². The molecule has 33 heavy (non-hydrogen) atoms. The zero-order valence-electron chi connectivity index (χ0n) is 18.4. The molecule has 0 saturated carbocycles. The number of rotatable bonds is 7. The summed E-state index contributed by atoms with van der Waals surface area (Å²) in [7, 11) is -3.80. The van der Waals surface area contributed by atoms with Gasteiger partial charge in [-0.25, -0.2) is 17.6 Å². The summed E-state index contributed by atoms with van der Waals surface area (Å²) in [5.41, 5.74) is 0.218. The molecule has 0 radical (unpaired) electrons. The highest BCUT2D eigenvalue weighted by Crippen LogP contribution is 2.38. The van der Waals surface area contributed by atoms with Crippen LogP contribution < -0.4 is 4.74 Å². The zero-order chi connectivity index (χ0) is 24.4. The summed E-state index contributed by atoms with van der Waals surface area (Å²) in [5, 5.41) is 9.67. The van der Waals surface area contributed by atoms with Crippen molar-refractivity contribution in [3.63, 3.8) is 0 Å². The van der Waals surface area contributed by atoms with E-state index in [1.165, 1.54) is 42.5 Å². The normalized spacial score (nSPS) is 12.9. The third-order valence-corrected chi connectivity index (χ3v) is 6.96. The molecule has 1 N–H and O–H groups in total. The van der Waals surface area contributed by atoms with Gasteiger partial charge in [-0.05, 0) is 47.9 Å². The van der Waals surface area contributed by atoms with Crippen LogP contribution >= 0.6 is 11.6 Å². The molecule has 0 unspecified atom stereocenters. The molecule has 174 valence electrons. The second kappa shape index (κ2) is 9.53. The Morgan fingerprint density at radius 1 is 1.00 bits per heavy atom. The standard InChI is InChI=1S/C25H24ClFO5S/c1-25(2,3)15-23(24(28)29)32-22-12-9-16(27)13-20(22)19-11-10-18(14-21(19)26)33(30,31)17-7-5-4-6-8-17/h4-14,23H,15H2,1-3H3,(H,28,29)/t23-/m0/s1. The van der Waals surface area contributed by atoms with Crippen LogP contribution in [-0.2, 0) is 14.6 Å². The Balaban J connectivity index is 2.03. The summed E-state index contributed by atoms with van der Waals surface area (Å²) >= 11 is 6.43. The van der Waals surface area contributed by atoms with Gasteiger partial charge in [0, 0.05) is 22.6 Å². The first-order valence-corrected chi connectivity index (χ1v) is 12.0. The first-order chi connectivity index (χ1) is 15.4. The molecule has 3 aromatic carbocycles. The molecular weight excluding hydrogens is 467 g/mol. The molecule has 3 aromatic rings. The molecule has 5 nitrogen and oxygen atoms in total. The molecule has 0 aromatic heterocycles. The SMILES string of the molecule is CC(C)(C)C[C@H](Oc1ccc(F)cc1-c1ccc(S(=O)(=O)c2ccccc2)cc1Cl)C(=O)O. The van der Waals surface area contributed by atoms with Crippen molar-refractivity contribution in [2.75, 3.05) is 0 Å². The number of sulfone groups is 1. The van der Waals surface area contributed by atoms with E-state index in [-0.39, 0.29) is 38.0 Å². The monoisotopic (exact) mass is 490 g/mol. The number of aliphatic carboxylic acids is 1. The number of benzene rings is 3. The minimum absolute atomic E-state index is 0.0162. The maximum absolute atomic E-state index is 14.1. The lowest BCUT2D eigenvalue weighted by Crippen LogP contribution is -2.31. The number of hydrogen-bond donors (Lipinski definition) is 1. The molecule has 3 rings (SSSR count). The maximum Gasteiger partial charge on any atom is 0.344 e. The van der Waals surface area contributed by atoms with Crippen molar-refractivity contribution in [3.05, 3.63) is 77.6 Å². The van der Waals surface area contributed by atoms with E-state index in [9.17, 15) is 22.7 Å². The third kappa shape index (κ3) is 5.92. The molecule has 8 heteroatoms. The lowest BCUT2D eigenvalue weighted by Gasteiger charge is -2.25. The zero-order valence-corrected chi connectivity index (χ0v) is 20.0. The first-order valence-electron chi connectivity index (χ1n) is 10.2. The third-order valence-electron chi connectivity index (χ3n) is 4.88. The number of hydrogen-bond acceptors (Lipinski definition) is 4. The van der Waals surface area contributed by atoms with E-state index in [0.29, 0.717) is 5.56 Å². The number of carboxylic acid groups (broad SMARTS) is 1. The summed E-state index contributed by atoms with van der Waals surface area (Å²) in [6.45, 7) is 5.67. The number of carboxylic acids is 1. The summed E-state index contributed by atoms with van der Waals surface area (Å²) < 4.78 is 45.7. The fraction of sp³-hybridized carbons (Fsp3) is 0.240. The van der Waals surface area contributed by atoms with Gasteiger partial charge in [0.25, 0.3) is 0 Å². The molecule has 0 amide bonds. The van der Waals surface area contributed by atoms with Gasteiger partial charge < -0.3 is 9.84 Å². The van der Waals surface area contributed by atoms with Crippen molar-refractivity contribution in [2.24, 2.45) is 5.41 Å². The highest BCUT2D eigenvalue weighted by molar-refractivity contribution is 7.91. The highest BCUT2D eigenvalue weighted by Gasteiger charge is 2.28. The van der Waals surface area contributed by atoms with Crippen molar-refractivity contribution in [2.45, 2.75) is 43.1 Å². The van der Waals surface area contributed by atoms with Gasteiger partial charge in [-0.3, -0.25) is 0 Å².